The molecule has 8 heteroatoms. The van der Waals surface area contributed by atoms with E-state index in [9.17, 15) is 0 Å². The SMILES string of the molecule is CCC[CH2][Sn][CH2]CCSB(S/C=C\O)SCC[CH2][Sn]([CH2]CCC)[CH2]OCC. The summed E-state index contributed by atoms with van der Waals surface area (Å²) in [7, 11) is 0. The van der Waals surface area contributed by atoms with E-state index in [4.69, 9.17) is 9.84 Å². The second kappa shape index (κ2) is 24.5. The second-order valence-corrected chi connectivity index (χ2v) is 23.1. The van der Waals surface area contributed by atoms with E-state index in [-0.39, 0.29) is 21.1 Å². The third-order valence-corrected chi connectivity index (χ3v) is 20.3. The van der Waals surface area contributed by atoms with Gasteiger partial charge >= 0.3 is 202 Å². The van der Waals surface area contributed by atoms with Crippen molar-refractivity contribution in [3.63, 3.8) is 0 Å². The Kier molecular flexibility index (Phi) is 26.5. The Bertz CT molecular complexity index is 321. The Morgan fingerprint density at radius 1 is 0.963 bits per heavy atom. The van der Waals surface area contributed by atoms with Gasteiger partial charge in [0.15, 0.2) is 0 Å². The first-order valence-corrected chi connectivity index (χ1v) is 23.7. The predicted molar refractivity (Wildman–Crippen MR) is 136 cm³/mol. The molecular formula is C19H40BO2S3Sn2. The van der Waals surface area contributed by atoms with E-state index in [0.29, 0.717) is 4.55 Å². The Morgan fingerprint density at radius 3 is 2.30 bits per heavy atom. The molecule has 0 aromatic rings. The Morgan fingerprint density at radius 2 is 1.63 bits per heavy atom. The van der Waals surface area contributed by atoms with Gasteiger partial charge in [-0.05, 0) is 0 Å². The molecule has 0 aliphatic rings. The fraction of sp³-hybridized carbons (Fsp3) is 0.895. The van der Waals surface area contributed by atoms with E-state index in [2.05, 4.69) is 44.0 Å². The average molecular weight is 645 g/mol. The van der Waals surface area contributed by atoms with E-state index in [1.54, 1.807) is 20.5 Å². The Hall–Kier alpha value is 2.21. The zero-order chi connectivity index (χ0) is 20.0. The van der Waals surface area contributed by atoms with Crippen molar-refractivity contribution in [1.29, 1.82) is 0 Å². The maximum atomic E-state index is 9.00. The Balaban J connectivity index is 3.95. The number of ether oxygens (including phenoxy) is 1. The van der Waals surface area contributed by atoms with Gasteiger partial charge in [0.1, 0.15) is 0 Å². The molecule has 0 amide bonds. The van der Waals surface area contributed by atoms with Crippen molar-refractivity contribution in [2.24, 2.45) is 0 Å². The predicted octanol–water partition coefficient (Wildman–Crippen LogP) is 7.19. The number of unbranched alkanes of at least 4 members (excludes halogenated alkanes) is 2. The summed E-state index contributed by atoms with van der Waals surface area (Å²) in [6, 6.07) is 0. The summed E-state index contributed by atoms with van der Waals surface area (Å²) >= 11 is 4.62. The molecule has 0 saturated heterocycles. The van der Waals surface area contributed by atoms with Gasteiger partial charge in [-0.15, -0.1) is 0 Å². The molecule has 3 radical (unpaired) electrons. The van der Waals surface area contributed by atoms with Crippen LogP contribution in [-0.2, 0) is 4.74 Å². The van der Waals surface area contributed by atoms with Crippen LogP contribution in [0, 0.1) is 0 Å². The molecule has 157 valence electrons. The molecule has 0 aliphatic heterocycles. The van der Waals surface area contributed by atoms with Gasteiger partial charge in [0.05, 0.1) is 0 Å². The van der Waals surface area contributed by atoms with Crippen LogP contribution in [0.25, 0.3) is 0 Å². The minimum absolute atomic E-state index is 0.0546. The van der Waals surface area contributed by atoms with Crippen molar-refractivity contribution in [2.75, 3.05) is 22.7 Å². The quantitative estimate of drug-likeness (QED) is 0.0812. The molecule has 0 fully saturated rings. The van der Waals surface area contributed by atoms with E-state index in [0.717, 1.165) is 11.2 Å². The van der Waals surface area contributed by atoms with Gasteiger partial charge in [-0.1, -0.05) is 0 Å². The fourth-order valence-corrected chi connectivity index (χ4v) is 18.7. The third kappa shape index (κ3) is 21.2. The van der Waals surface area contributed by atoms with Crippen LogP contribution in [0.3, 0.4) is 0 Å². The van der Waals surface area contributed by atoms with Crippen LogP contribution in [0.4, 0.5) is 0 Å². The fourth-order valence-electron chi connectivity index (χ4n) is 2.47. The van der Waals surface area contributed by atoms with E-state index in [1.165, 1.54) is 65.2 Å². The monoisotopic (exact) mass is 647 g/mol. The summed E-state index contributed by atoms with van der Waals surface area (Å²) in [5.41, 5.74) is 0. The molecule has 0 bridgehead atoms. The third-order valence-electron chi connectivity index (χ3n) is 4.03. The molecule has 0 aromatic carbocycles. The first kappa shape index (κ1) is 29.2. The van der Waals surface area contributed by atoms with Crippen LogP contribution in [-0.4, -0.2) is 73.3 Å². The van der Waals surface area contributed by atoms with Crippen LogP contribution in [0.2, 0.25) is 17.7 Å². The minimum atomic E-state index is -1.29. The van der Waals surface area contributed by atoms with Crippen LogP contribution in [0.15, 0.2) is 11.7 Å². The van der Waals surface area contributed by atoms with E-state index in [1.807, 2.05) is 5.41 Å². The van der Waals surface area contributed by atoms with Crippen molar-refractivity contribution >= 4 is 80.3 Å². The molecule has 0 heterocycles. The van der Waals surface area contributed by atoms with Crippen LogP contribution in [0.5, 0.6) is 0 Å². The van der Waals surface area contributed by atoms with Gasteiger partial charge in [0.25, 0.3) is 0 Å². The first-order chi connectivity index (χ1) is 13.3. The summed E-state index contributed by atoms with van der Waals surface area (Å²) in [6.07, 6.45) is 9.53. The molecule has 0 atom stereocenters. The van der Waals surface area contributed by atoms with Crippen LogP contribution < -0.4 is 0 Å². The van der Waals surface area contributed by atoms with Gasteiger partial charge < -0.3 is 0 Å². The van der Waals surface area contributed by atoms with Crippen molar-refractivity contribution in [3.8, 4) is 0 Å². The van der Waals surface area contributed by atoms with E-state index < -0.39 is 19.8 Å². The number of hydrogen-bond acceptors (Lipinski definition) is 5. The Labute approximate surface area is 199 Å². The molecule has 2 nitrogen and oxygen atoms in total. The first-order valence-electron chi connectivity index (χ1n) is 10.6. The van der Waals surface area contributed by atoms with Crippen molar-refractivity contribution in [2.45, 2.75) is 77.0 Å². The summed E-state index contributed by atoms with van der Waals surface area (Å²) in [4.78, 5) is 0. The maximum absolute atomic E-state index is 9.00. The van der Waals surface area contributed by atoms with E-state index >= 15 is 0 Å². The number of aliphatic hydroxyl groups excluding tert-OH is 1. The van der Waals surface area contributed by atoms with Gasteiger partial charge in [0.2, 0.25) is 0 Å². The number of hydrogen-bond donors (Lipinski definition) is 1. The average Bonchev–Trinajstić information content (AvgIpc) is 2.69. The van der Waals surface area contributed by atoms with Gasteiger partial charge in [-0.2, -0.15) is 0 Å². The summed E-state index contributed by atoms with van der Waals surface area (Å²) in [5, 5.41) is 10.8. The summed E-state index contributed by atoms with van der Waals surface area (Å²) < 4.78 is 13.5. The standard InChI is InChI=1S/C8H15BOS3.2C4H9.C3H7O.2Sn/c1-3-6-11-9(12-7-4-2)13-8-5-10;3*1-3-4-2;;/h5,8,10H,1-4,6-7H2;2*1,3-4H2,2H3;2-3H2,1H3;;/b8-5-;;;;;. The molecule has 0 spiro atoms. The van der Waals surface area contributed by atoms with Crippen molar-refractivity contribution in [1.82, 2.24) is 0 Å². The zero-order valence-corrected chi connectivity index (χ0v) is 25.9. The number of aliphatic hydroxyl groups is 1. The molecular weight excluding hydrogens is 605 g/mol. The molecule has 0 aliphatic carbocycles. The van der Waals surface area contributed by atoms with Gasteiger partial charge in [-0.25, -0.2) is 0 Å². The molecule has 27 heavy (non-hydrogen) atoms. The van der Waals surface area contributed by atoms with Crippen LogP contribution >= 0.6 is 34.8 Å². The van der Waals surface area contributed by atoms with Crippen molar-refractivity contribution < 1.29 is 9.84 Å². The number of rotatable bonds is 21. The topological polar surface area (TPSA) is 29.5 Å². The molecule has 0 aromatic heterocycles. The molecule has 0 rings (SSSR count). The van der Waals surface area contributed by atoms with Crippen LogP contribution in [0.1, 0.15) is 59.3 Å². The second-order valence-electron chi connectivity index (χ2n) is 6.50. The van der Waals surface area contributed by atoms with Crippen molar-refractivity contribution in [3.05, 3.63) is 11.7 Å². The van der Waals surface area contributed by atoms with Gasteiger partial charge in [0, 0.05) is 0 Å². The normalized spacial score (nSPS) is 11.7. The van der Waals surface area contributed by atoms with Gasteiger partial charge in [-0.3, -0.25) is 0 Å². The zero-order valence-electron chi connectivity index (χ0n) is 17.7. The molecule has 1 N–H and O–H groups in total. The molecule has 0 unspecified atom stereocenters. The summed E-state index contributed by atoms with van der Waals surface area (Å²) in [6.45, 7) is 7.61. The molecule has 0 saturated carbocycles. The summed E-state index contributed by atoms with van der Waals surface area (Å²) in [5.74, 6) is 2.55.